The van der Waals surface area contributed by atoms with Gasteiger partial charge in [0.25, 0.3) is 0 Å². The molecule has 24 heavy (non-hydrogen) atoms. The summed E-state index contributed by atoms with van der Waals surface area (Å²) in [5.74, 6) is -0.925. The molecule has 0 unspecified atom stereocenters. The molecule has 2 aromatic carbocycles. The van der Waals surface area contributed by atoms with E-state index in [0.29, 0.717) is 0 Å². The van der Waals surface area contributed by atoms with Crippen LogP contribution in [0.2, 0.25) is 0 Å². The maximum Gasteiger partial charge on any atom is 0.335 e. The first-order valence-corrected chi connectivity index (χ1v) is 8.63. The molecule has 3 rings (SSSR count). The van der Waals surface area contributed by atoms with Crippen molar-refractivity contribution < 1.29 is 9.90 Å². The van der Waals surface area contributed by atoms with E-state index >= 15 is 0 Å². The third-order valence-electron chi connectivity index (χ3n) is 3.91. The lowest BCUT2D eigenvalue weighted by Crippen LogP contribution is -2.10. The van der Waals surface area contributed by atoms with E-state index in [1.807, 2.05) is 11.4 Å². The van der Waals surface area contributed by atoms with Crippen molar-refractivity contribution in [1.82, 2.24) is 4.98 Å². The number of hydrogen-bond donors (Lipinski definition) is 1. The molecule has 0 spiro atoms. The Balaban J connectivity index is 1.91. The lowest BCUT2D eigenvalue weighted by molar-refractivity contribution is 0.0697. The van der Waals surface area contributed by atoms with Crippen LogP contribution in [0.25, 0.3) is 21.8 Å². The second kappa shape index (κ2) is 6.21. The number of carbonyl (C=O) groups is 1. The Morgan fingerprint density at radius 2 is 1.75 bits per heavy atom. The number of rotatable bonds is 3. The summed E-state index contributed by atoms with van der Waals surface area (Å²) in [6, 6.07) is 15.3. The normalized spacial score (nSPS) is 11.5. The van der Waals surface area contributed by atoms with Crippen LogP contribution in [0.5, 0.6) is 0 Å². The minimum Gasteiger partial charge on any atom is -0.478 e. The van der Waals surface area contributed by atoms with Crippen molar-refractivity contribution in [3.63, 3.8) is 0 Å². The van der Waals surface area contributed by atoms with Crippen LogP contribution in [0, 0.1) is 0 Å². The molecule has 1 aromatic heterocycles. The number of benzene rings is 2. The molecule has 0 saturated heterocycles. The van der Waals surface area contributed by atoms with Crippen LogP contribution in [0.3, 0.4) is 0 Å². The fraction of sp³-hybridized carbons (Fsp3) is 0.200. The number of aromatic nitrogens is 1. The molecule has 0 atom stereocenters. The Bertz CT molecular complexity index is 873. The first kappa shape index (κ1) is 16.4. The average Bonchev–Trinajstić information content (AvgIpc) is 3.04. The van der Waals surface area contributed by atoms with E-state index in [9.17, 15) is 4.79 Å². The summed E-state index contributed by atoms with van der Waals surface area (Å²) in [6.45, 7) is 6.58. The summed E-state index contributed by atoms with van der Waals surface area (Å²) in [5.41, 5.74) is 4.51. The number of nitrogens with zero attached hydrogens (tertiary/aromatic N) is 1. The fourth-order valence-electron chi connectivity index (χ4n) is 2.47. The summed E-state index contributed by atoms with van der Waals surface area (Å²) in [7, 11) is 0. The van der Waals surface area contributed by atoms with Gasteiger partial charge in [0.1, 0.15) is 5.01 Å². The quantitative estimate of drug-likeness (QED) is 0.689. The molecular weight excluding hydrogens is 318 g/mol. The largest absolute Gasteiger partial charge is 0.478 e. The first-order valence-electron chi connectivity index (χ1n) is 7.75. The Labute approximate surface area is 145 Å². The van der Waals surface area contributed by atoms with E-state index in [2.05, 4.69) is 50.0 Å². The van der Waals surface area contributed by atoms with Crippen LogP contribution >= 0.6 is 11.3 Å². The molecule has 0 aliphatic heterocycles. The molecule has 0 aliphatic rings. The number of carboxylic acid groups (broad SMARTS) is 1. The van der Waals surface area contributed by atoms with Crippen LogP contribution in [0.15, 0.2) is 53.9 Å². The molecule has 0 radical (unpaired) electrons. The van der Waals surface area contributed by atoms with E-state index < -0.39 is 5.97 Å². The number of carboxylic acids is 1. The SMILES string of the molecule is CC(C)(C)c1ccc(-c2csc(-c3cccc(C(=O)O)c3)n2)cc1. The van der Waals surface area contributed by atoms with Gasteiger partial charge in [0.05, 0.1) is 11.3 Å². The van der Waals surface area contributed by atoms with E-state index in [0.717, 1.165) is 21.8 Å². The summed E-state index contributed by atoms with van der Waals surface area (Å²) in [6.07, 6.45) is 0. The summed E-state index contributed by atoms with van der Waals surface area (Å²) < 4.78 is 0. The predicted molar refractivity (Wildman–Crippen MR) is 98.6 cm³/mol. The van der Waals surface area contributed by atoms with Gasteiger partial charge in [-0.05, 0) is 23.1 Å². The monoisotopic (exact) mass is 337 g/mol. The summed E-state index contributed by atoms with van der Waals surface area (Å²) in [5, 5.41) is 11.9. The predicted octanol–water partition coefficient (Wildman–Crippen LogP) is 5.47. The van der Waals surface area contributed by atoms with Crippen molar-refractivity contribution in [2.75, 3.05) is 0 Å². The smallest absolute Gasteiger partial charge is 0.335 e. The van der Waals surface area contributed by atoms with Gasteiger partial charge in [0.2, 0.25) is 0 Å². The number of thiazole rings is 1. The highest BCUT2D eigenvalue weighted by atomic mass is 32.1. The van der Waals surface area contributed by atoms with Crippen molar-refractivity contribution in [3.05, 3.63) is 65.0 Å². The second-order valence-electron chi connectivity index (χ2n) is 6.75. The fourth-order valence-corrected chi connectivity index (χ4v) is 3.29. The molecule has 0 fully saturated rings. The van der Waals surface area contributed by atoms with Crippen LogP contribution < -0.4 is 0 Å². The van der Waals surface area contributed by atoms with Crippen molar-refractivity contribution >= 4 is 17.3 Å². The van der Waals surface area contributed by atoms with Crippen molar-refractivity contribution in [2.45, 2.75) is 26.2 Å². The topological polar surface area (TPSA) is 50.2 Å². The average molecular weight is 337 g/mol. The lowest BCUT2D eigenvalue weighted by Gasteiger charge is -2.18. The minimum atomic E-state index is -0.925. The molecule has 1 N–H and O–H groups in total. The van der Waals surface area contributed by atoms with E-state index in [4.69, 9.17) is 5.11 Å². The molecular formula is C20H19NO2S. The van der Waals surface area contributed by atoms with Gasteiger partial charge < -0.3 is 5.11 Å². The summed E-state index contributed by atoms with van der Waals surface area (Å²) >= 11 is 1.52. The Hall–Kier alpha value is -2.46. The highest BCUT2D eigenvalue weighted by Gasteiger charge is 2.14. The van der Waals surface area contributed by atoms with Gasteiger partial charge in [-0.1, -0.05) is 57.2 Å². The zero-order valence-corrected chi connectivity index (χ0v) is 14.7. The van der Waals surface area contributed by atoms with Crippen LogP contribution in [-0.4, -0.2) is 16.1 Å². The van der Waals surface area contributed by atoms with Crippen molar-refractivity contribution in [1.29, 1.82) is 0 Å². The van der Waals surface area contributed by atoms with Gasteiger partial charge in [-0.25, -0.2) is 9.78 Å². The Morgan fingerprint density at radius 3 is 2.38 bits per heavy atom. The molecule has 0 saturated carbocycles. The zero-order valence-electron chi connectivity index (χ0n) is 13.9. The second-order valence-corrected chi connectivity index (χ2v) is 7.61. The Kier molecular flexibility index (Phi) is 4.24. The number of aromatic carboxylic acids is 1. The van der Waals surface area contributed by atoms with E-state index in [-0.39, 0.29) is 11.0 Å². The third kappa shape index (κ3) is 3.39. The molecule has 0 bridgehead atoms. The van der Waals surface area contributed by atoms with E-state index in [1.165, 1.54) is 16.9 Å². The van der Waals surface area contributed by atoms with Gasteiger partial charge in [-0.3, -0.25) is 0 Å². The maximum absolute atomic E-state index is 11.1. The molecule has 4 heteroatoms. The highest BCUT2D eigenvalue weighted by molar-refractivity contribution is 7.13. The molecule has 122 valence electrons. The van der Waals surface area contributed by atoms with Crippen LogP contribution in [0.4, 0.5) is 0 Å². The van der Waals surface area contributed by atoms with Gasteiger partial charge >= 0.3 is 5.97 Å². The van der Waals surface area contributed by atoms with Crippen LogP contribution in [0.1, 0.15) is 36.7 Å². The van der Waals surface area contributed by atoms with Gasteiger partial charge in [-0.2, -0.15) is 0 Å². The van der Waals surface area contributed by atoms with E-state index in [1.54, 1.807) is 18.2 Å². The molecule has 3 nitrogen and oxygen atoms in total. The Morgan fingerprint density at radius 1 is 1.04 bits per heavy atom. The van der Waals surface area contributed by atoms with Crippen LogP contribution in [-0.2, 0) is 5.41 Å². The lowest BCUT2D eigenvalue weighted by atomic mass is 9.86. The molecule has 0 amide bonds. The van der Waals surface area contributed by atoms with Crippen molar-refractivity contribution in [3.8, 4) is 21.8 Å². The molecule has 0 aliphatic carbocycles. The standard InChI is InChI=1S/C20H19NO2S/c1-20(2,3)16-9-7-13(8-10-16)17-12-24-18(21-17)14-5-4-6-15(11-14)19(22)23/h4-12H,1-3H3,(H,22,23). The minimum absolute atomic E-state index is 0.128. The third-order valence-corrected chi connectivity index (χ3v) is 4.80. The zero-order chi connectivity index (χ0) is 17.3. The molecule has 3 aromatic rings. The van der Waals surface area contributed by atoms with Gasteiger partial charge in [-0.15, -0.1) is 11.3 Å². The van der Waals surface area contributed by atoms with Gasteiger partial charge in [0, 0.05) is 16.5 Å². The molecule has 1 heterocycles. The van der Waals surface area contributed by atoms with Crippen molar-refractivity contribution in [2.24, 2.45) is 0 Å². The number of hydrogen-bond acceptors (Lipinski definition) is 3. The highest BCUT2D eigenvalue weighted by Crippen LogP contribution is 2.31. The first-order chi connectivity index (χ1) is 11.3. The van der Waals surface area contributed by atoms with Gasteiger partial charge in [0.15, 0.2) is 0 Å². The summed E-state index contributed by atoms with van der Waals surface area (Å²) in [4.78, 5) is 15.8. The maximum atomic E-state index is 11.1.